The van der Waals surface area contributed by atoms with E-state index in [1.807, 2.05) is 6.92 Å². The summed E-state index contributed by atoms with van der Waals surface area (Å²) < 4.78 is 4.99. The van der Waals surface area contributed by atoms with Crippen molar-refractivity contribution in [2.75, 3.05) is 10.6 Å². The first-order valence-corrected chi connectivity index (χ1v) is 9.74. The van der Waals surface area contributed by atoms with Crippen molar-refractivity contribution in [3.63, 3.8) is 0 Å². The molecule has 0 spiro atoms. The maximum atomic E-state index is 12.6. The molecule has 2 aromatic heterocycles. The SMILES string of the molecule is Cc1cc(C(=O)Nc2cc(C)on2)nc(Nc2c(C(C)C)cccc2C(C)C)n1. The molecule has 1 amide bonds. The smallest absolute Gasteiger partial charge is 0.275 e. The maximum Gasteiger partial charge on any atom is 0.275 e. The van der Waals surface area contributed by atoms with Crippen molar-refractivity contribution in [3.05, 3.63) is 58.6 Å². The van der Waals surface area contributed by atoms with Crippen LogP contribution in [0, 0.1) is 13.8 Å². The number of nitrogens with one attached hydrogen (secondary N) is 2. The van der Waals surface area contributed by atoms with Gasteiger partial charge in [-0.15, -0.1) is 0 Å². The summed E-state index contributed by atoms with van der Waals surface area (Å²) in [6, 6.07) is 9.58. The number of para-hydroxylation sites is 1. The second kappa shape index (κ2) is 8.43. The fraction of sp³-hybridized carbons (Fsp3) is 0.364. The van der Waals surface area contributed by atoms with Gasteiger partial charge in [-0.2, -0.15) is 0 Å². The normalized spacial score (nSPS) is 11.2. The molecule has 0 fully saturated rings. The van der Waals surface area contributed by atoms with E-state index in [0.717, 1.165) is 5.69 Å². The van der Waals surface area contributed by atoms with Crippen molar-refractivity contribution in [3.8, 4) is 0 Å². The van der Waals surface area contributed by atoms with E-state index in [1.54, 1.807) is 19.1 Å². The fourth-order valence-corrected chi connectivity index (χ4v) is 3.15. The predicted octanol–water partition coefficient (Wildman–Crippen LogP) is 5.32. The number of carbonyl (C=O) groups excluding carboxylic acids is 1. The summed E-state index contributed by atoms with van der Waals surface area (Å²) in [7, 11) is 0. The topological polar surface area (TPSA) is 92.9 Å². The summed E-state index contributed by atoms with van der Waals surface area (Å²) in [5, 5.41) is 9.86. The Morgan fingerprint density at radius 2 is 1.66 bits per heavy atom. The highest BCUT2D eigenvalue weighted by atomic mass is 16.5. The average Bonchev–Trinajstić information content (AvgIpc) is 3.05. The molecule has 0 bridgehead atoms. The van der Waals surface area contributed by atoms with Gasteiger partial charge in [-0.1, -0.05) is 51.1 Å². The molecule has 3 rings (SSSR count). The molecule has 152 valence electrons. The molecule has 0 aliphatic heterocycles. The number of aryl methyl sites for hydroxylation is 2. The Morgan fingerprint density at radius 3 is 2.21 bits per heavy atom. The number of nitrogens with zero attached hydrogens (tertiary/aromatic N) is 3. The molecule has 0 saturated heterocycles. The van der Waals surface area contributed by atoms with Crippen LogP contribution in [-0.4, -0.2) is 21.0 Å². The predicted molar refractivity (Wildman–Crippen MR) is 114 cm³/mol. The van der Waals surface area contributed by atoms with E-state index in [4.69, 9.17) is 4.52 Å². The first-order chi connectivity index (χ1) is 13.7. The molecule has 0 aliphatic rings. The highest BCUT2D eigenvalue weighted by Gasteiger charge is 2.17. The minimum Gasteiger partial charge on any atom is -0.360 e. The van der Waals surface area contributed by atoms with Gasteiger partial charge in [-0.3, -0.25) is 4.79 Å². The lowest BCUT2D eigenvalue weighted by Crippen LogP contribution is -2.16. The van der Waals surface area contributed by atoms with Crippen LogP contribution in [0.2, 0.25) is 0 Å². The zero-order chi connectivity index (χ0) is 21.1. The first-order valence-electron chi connectivity index (χ1n) is 9.74. The average molecular weight is 393 g/mol. The molecule has 0 unspecified atom stereocenters. The van der Waals surface area contributed by atoms with Crippen molar-refractivity contribution in [1.82, 2.24) is 15.1 Å². The van der Waals surface area contributed by atoms with Gasteiger partial charge in [0.15, 0.2) is 5.82 Å². The molecule has 0 saturated carbocycles. The number of benzene rings is 1. The Labute approximate surface area is 170 Å². The molecule has 0 atom stereocenters. The lowest BCUT2D eigenvalue weighted by atomic mass is 9.93. The minimum atomic E-state index is -0.368. The van der Waals surface area contributed by atoms with Crippen molar-refractivity contribution < 1.29 is 9.32 Å². The van der Waals surface area contributed by atoms with Crippen LogP contribution in [0.1, 0.15) is 72.6 Å². The lowest BCUT2D eigenvalue weighted by molar-refractivity contribution is 0.102. The largest absolute Gasteiger partial charge is 0.360 e. The third-order valence-corrected chi connectivity index (χ3v) is 4.57. The van der Waals surface area contributed by atoms with Gasteiger partial charge in [0.05, 0.1) is 0 Å². The molecule has 2 N–H and O–H groups in total. The minimum absolute atomic E-state index is 0.258. The van der Waals surface area contributed by atoms with Crippen molar-refractivity contribution in [2.45, 2.75) is 53.4 Å². The second-order valence-corrected chi connectivity index (χ2v) is 7.74. The van der Waals surface area contributed by atoms with Gasteiger partial charge in [-0.25, -0.2) is 9.97 Å². The van der Waals surface area contributed by atoms with Gasteiger partial charge in [0.1, 0.15) is 11.5 Å². The summed E-state index contributed by atoms with van der Waals surface area (Å²) in [5.74, 6) is 1.66. The third kappa shape index (κ3) is 4.80. The van der Waals surface area contributed by atoms with Gasteiger partial charge in [-0.05, 0) is 42.9 Å². The molecule has 1 aromatic carbocycles. The zero-order valence-corrected chi connectivity index (χ0v) is 17.7. The van der Waals surface area contributed by atoms with E-state index >= 15 is 0 Å². The molecule has 0 aliphatic carbocycles. The Balaban J connectivity index is 1.94. The summed E-state index contributed by atoms with van der Waals surface area (Å²) in [4.78, 5) is 21.5. The van der Waals surface area contributed by atoms with Crippen LogP contribution in [0.15, 0.2) is 34.9 Å². The molecule has 2 heterocycles. The molecule has 29 heavy (non-hydrogen) atoms. The van der Waals surface area contributed by atoms with E-state index in [2.05, 4.69) is 71.7 Å². The van der Waals surface area contributed by atoms with Crippen molar-refractivity contribution >= 4 is 23.4 Å². The Hall–Kier alpha value is -3.22. The summed E-state index contributed by atoms with van der Waals surface area (Å²) in [5.41, 5.74) is 4.32. The quantitative estimate of drug-likeness (QED) is 0.588. The van der Waals surface area contributed by atoms with Crippen molar-refractivity contribution in [2.24, 2.45) is 0 Å². The van der Waals surface area contributed by atoms with E-state index in [9.17, 15) is 4.79 Å². The summed E-state index contributed by atoms with van der Waals surface area (Å²) in [6.45, 7) is 12.2. The second-order valence-electron chi connectivity index (χ2n) is 7.74. The van der Waals surface area contributed by atoms with Gasteiger partial charge in [0.25, 0.3) is 5.91 Å². The van der Waals surface area contributed by atoms with E-state index in [0.29, 0.717) is 35.1 Å². The highest BCUT2D eigenvalue weighted by Crippen LogP contribution is 2.33. The molecule has 3 aromatic rings. The highest BCUT2D eigenvalue weighted by molar-refractivity contribution is 6.02. The third-order valence-electron chi connectivity index (χ3n) is 4.57. The van der Waals surface area contributed by atoms with Crippen LogP contribution in [0.3, 0.4) is 0 Å². The first kappa shape index (κ1) is 20.5. The van der Waals surface area contributed by atoms with E-state index in [1.165, 1.54) is 11.1 Å². The number of hydrogen-bond acceptors (Lipinski definition) is 6. The van der Waals surface area contributed by atoms with E-state index in [-0.39, 0.29) is 11.6 Å². The monoisotopic (exact) mass is 393 g/mol. The number of amides is 1. The Bertz CT molecular complexity index is 998. The number of carbonyl (C=O) groups is 1. The summed E-state index contributed by atoms with van der Waals surface area (Å²) >= 11 is 0. The number of aromatic nitrogens is 3. The van der Waals surface area contributed by atoms with Gasteiger partial charge >= 0.3 is 0 Å². The van der Waals surface area contributed by atoms with E-state index < -0.39 is 0 Å². The van der Waals surface area contributed by atoms with Crippen LogP contribution in [0.5, 0.6) is 0 Å². The van der Waals surface area contributed by atoms with Crippen LogP contribution in [0.4, 0.5) is 17.5 Å². The van der Waals surface area contributed by atoms with Crippen LogP contribution < -0.4 is 10.6 Å². The molecular weight excluding hydrogens is 366 g/mol. The zero-order valence-electron chi connectivity index (χ0n) is 17.7. The molecule has 0 radical (unpaired) electrons. The van der Waals surface area contributed by atoms with Crippen LogP contribution in [0.25, 0.3) is 0 Å². The fourth-order valence-electron chi connectivity index (χ4n) is 3.15. The van der Waals surface area contributed by atoms with Gasteiger partial charge in [0, 0.05) is 17.4 Å². The molecule has 7 heteroatoms. The number of anilines is 3. The lowest BCUT2D eigenvalue weighted by Gasteiger charge is -2.20. The Kier molecular flexibility index (Phi) is 5.96. The molecule has 7 nitrogen and oxygen atoms in total. The number of rotatable bonds is 6. The van der Waals surface area contributed by atoms with Crippen molar-refractivity contribution in [1.29, 1.82) is 0 Å². The Morgan fingerprint density at radius 1 is 1.00 bits per heavy atom. The standard InChI is InChI=1S/C22H27N5O2/c1-12(2)16-8-7-9-17(13(3)4)20(16)26-22-23-14(5)10-18(24-22)21(28)25-19-11-15(6)29-27-19/h7-13H,1-6H3,(H,23,24,26)(H,25,27,28). The number of hydrogen-bond donors (Lipinski definition) is 2. The van der Waals surface area contributed by atoms with Crippen LogP contribution >= 0.6 is 0 Å². The van der Waals surface area contributed by atoms with Gasteiger partial charge in [0.2, 0.25) is 5.95 Å². The maximum absolute atomic E-state index is 12.6. The summed E-state index contributed by atoms with van der Waals surface area (Å²) in [6.07, 6.45) is 0. The van der Waals surface area contributed by atoms with Gasteiger partial charge < -0.3 is 15.2 Å². The van der Waals surface area contributed by atoms with Crippen LogP contribution in [-0.2, 0) is 0 Å². The molecular formula is C22H27N5O2.